The normalized spacial score (nSPS) is 23.9. The van der Waals surface area contributed by atoms with Crippen molar-refractivity contribution in [3.8, 4) is 0 Å². The Kier molecular flexibility index (Phi) is 4.82. The molecule has 1 fully saturated rings. The Hall–Kier alpha value is -0.640. The third-order valence-electron chi connectivity index (χ3n) is 4.11. The molecule has 1 aromatic rings. The van der Waals surface area contributed by atoms with E-state index in [-0.39, 0.29) is 5.82 Å². The largest absolute Gasteiger partial charge is 0.328 e. The lowest BCUT2D eigenvalue weighted by atomic mass is 9.91. The molecule has 0 atom stereocenters. The summed E-state index contributed by atoms with van der Waals surface area (Å²) in [7, 11) is 2.08. The molecule has 0 heterocycles. The van der Waals surface area contributed by atoms with Crippen molar-refractivity contribution < 1.29 is 4.39 Å². The molecule has 0 amide bonds. The number of nitrogens with zero attached hydrogens (tertiary/aromatic N) is 1. The van der Waals surface area contributed by atoms with Crippen molar-refractivity contribution in [2.45, 2.75) is 51.2 Å². The van der Waals surface area contributed by atoms with Gasteiger partial charge in [-0.2, -0.15) is 0 Å². The molecule has 0 aromatic heterocycles. The molecule has 1 saturated carbocycles. The predicted octanol–water partition coefficient (Wildman–Crippen LogP) is 3.49. The van der Waals surface area contributed by atoms with Gasteiger partial charge in [0.25, 0.3) is 0 Å². The van der Waals surface area contributed by atoms with Gasteiger partial charge >= 0.3 is 0 Å². The molecule has 0 aliphatic heterocycles. The van der Waals surface area contributed by atoms with E-state index in [0.29, 0.717) is 29.2 Å². The lowest BCUT2D eigenvalue weighted by molar-refractivity contribution is 0.176. The fourth-order valence-electron chi connectivity index (χ4n) is 2.75. The summed E-state index contributed by atoms with van der Waals surface area (Å²) in [5.74, 6) is -0.182. The minimum atomic E-state index is -0.182. The Morgan fingerprint density at radius 2 is 1.95 bits per heavy atom. The van der Waals surface area contributed by atoms with Crippen LogP contribution in [0.5, 0.6) is 0 Å². The minimum Gasteiger partial charge on any atom is -0.328 e. The van der Waals surface area contributed by atoms with E-state index in [4.69, 9.17) is 17.3 Å². The fourth-order valence-corrected chi connectivity index (χ4v) is 3.03. The molecule has 0 spiro atoms. The van der Waals surface area contributed by atoms with Gasteiger partial charge in [0.15, 0.2) is 0 Å². The summed E-state index contributed by atoms with van der Waals surface area (Å²) in [5.41, 5.74) is 7.38. The number of halogens is 2. The maximum absolute atomic E-state index is 13.6. The van der Waals surface area contributed by atoms with Crippen LogP contribution in [-0.2, 0) is 6.54 Å². The number of rotatable bonds is 3. The van der Waals surface area contributed by atoms with Crippen molar-refractivity contribution in [2.75, 3.05) is 7.05 Å². The highest BCUT2D eigenvalue weighted by Gasteiger charge is 2.22. The Labute approximate surface area is 119 Å². The molecule has 2 N–H and O–H groups in total. The van der Waals surface area contributed by atoms with E-state index in [1.807, 2.05) is 0 Å². The van der Waals surface area contributed by atoms with E-state index in [0.717, 1.165) is 31.2 Å². The van der Waals surface area contributed by atoms with Crippen molar-refractivity contribution in [1.82, 2.24) is 4.90 Å². The standard InChI is InChI=1S/C15H22ClFN2/c1-10-7-14(16)11(8-15(10)17)9-19(2)13-5-3-12(18)4-6-13/h7-8,12-13H,3-6,9,18H2,1-2H3. The molecular weight excluding hydrogens is 263 g/mol. The Morgan fingerprint density at radius 1 is 1.32 bits per heavy atom. The van der Waals surface area contributed by atoms with E-state index >= 15 is 0 Å². The molecule has 0 saturated heterocycles. The second-order valence-electron chi connectivity index (χ2n) is 5.68. The Morgan fingerprint density at radius 3 is 2.58 bits per heavy atom. The highest BCUT2D eigenvalue weighted by Crippen LogP contribution is 2.26. The number of hydrogen-bond acceptors (Lipinski definition) is 2. The first-order valence-electron chi connectivity index (χ1n) is 6.87. The quantitative estimate of drug-likeness (QED) is 0.921. The zero-order chi connectivity index (χ0) is 14.0. The number of benzene rings is 1. The lowest BCUT2D eigenvalue weighted by Crippen LogP contribution is -2.38. The highest BCUT2D eigenvalue weighted by atomic mass is 35.5. The van der Waals surface area contributed by atoms with E-state index in [1.54, 1.807) is 19.1 Å². The second kappa shape index (κ2) is 6.21. The average Bonchev–Trinajstić information content (AvgIpc) is 2.36. The van der Waals surface area contributed by atoms with E-state index in [2.05, 4.69) is 11.9 Å². The molecule has 19 heavy (non-hydrogen) atoms. The van der Waals surface area contributed by atoms with Crippen LogP contribution >= 0.6 is 11.6 Å². The molecule has 1 aromatic carbocycles. The van der Waals surface area contributed by atoms with Crippen molar-refractivity contribution in [3.05, 3.63) is 34.1 Å². The van der Waals surface area contributed by atoms with Crippen LogP contribution in [0, 0.1) is 12.7 Å². The van der Waals surface area contributed by atoms with Crippen molar-refractivity contribution in [1.29, 1.82) is 0 Å². The molecule has 1 aliphatic carbocycles. The van der Waals surface area contributed by atoms with Gasteiger partial charge in [0, 0.05) is 23.7 Å². The average molecular weight is 285 g/mol. The highest BCUT2D eigenvalue weighted by molar-refractivity contribution is 6.31. The minimum absolute atomic E-state index is 0.182. The summed E-state index contributed by atoms with van der Waals surface area (Å²) < 4.78 is 13.6. The van der Waals surface area contributed by atoms with Crippen LogP contribution in [-0.4, -0.2) is 24.0 Å². The summed E-state index contributed by atoms with van der Waals surface area (Å²) in [6.07, 6.45) is 4.38. The smallest absolute Gasteiger partial charge is 0.126 e. The van der Waals surface area contributed by atoms with Gasteiger partial charge in [0.05, 0.1) is 0 Å². The van der Waals surface area contributed by atoms with Gasteiger partial charge in [-0.15, -0.1) is 0 Å². The summed E-state index contributed by atoms with van der Waals surface area (Å²) in [6.45, 7) is 2.42. The summed E-state index contributed by atoms with van der Waals surface area (Å²) >= 11 is 6.19. The van der Waals surface area contributed by atoms with Gasteiger partial charge < -0.3 is 5.73 Å². The first-order valence-corrected chi connectivity index (χ1v) is 7.25. The maximum atomic E-state index is 13.6. The van der Waals surface area contributed by atoms with Gasteiger partial charge in [0.1, 0.15) is 5.82 Å². The van der Waals surface area contributed by atoms with Crippen LogP contribution in [0.1, 0.15) is 36.8 Å². The molecule has 1 aliphatic rings. The number of aryl methyl sites for hydroxylation is 1. The zero-order valence-electron chi connectivity index (χ0n) is 11.6. The molecule has 4 heteroatoms. The van der Waals surface area contributed by atoms with Crippen molar-refractivity contribution >= 4 is 11.6 Å². The zero-order valence-corrected chi connectivity index (χ0v) is 12.4. The molecule has 0 bridgehead atoms. The molecule has 0 unspecified atom stereocenters. The number of hydrogen-bond donors (Lipinski definition) is 1. The van der Waals surface area contributed by atoms with Crippen LogP contribution < -0.4 is 5.73 Å². The topological polar surface area (TPSA) is 29.3 Å². The van der Waals surface area contributed by atoms with Crippen molar-refractivity contribution in [2.24, 2.45) is 5.73 Å². The first-order chi connectivity index (χ1) is 8.97. The Bertz CT molecular complexity index is 442. The maximum Gasteiger partial charge on any atom is 0.126 e. The predicted molar refractivity (Wildman–Crippen MR) is 77.8 cm³/mol. The third-order valence-corrected chi connectivity index (χ3v) is 4.46. The van der Waals surface area contributed by atoms with E-state index in [1.165, 1.54) is 0 Å². The molecule has 2 rings (SSSR count). The van der Waals surface area contributed by atoms with Crippen LogP contribution in [0.15, 0.2) is 12.1 Å². The summed E-state index contributed by atoms with van der Waals surface area (Å²) in [4.78, 5) is 2.27. The Balaban J connectivity index is 2.02. The summed E-state index contributed by atoms with van der Waals surface area (Å²) in [6, 6.07) is 4.14. The molecule has 2 nitrogen and oxygen atoms in total. The lowest BCUT2D eigenvalue weighted by Gasteiger charge is -2.33. The number of nitrogens with two attached hydrogens (primary N) is 1. The third kappa shape index (κ3) is 3.68. The summed E-state index contributed by atoms with van der Waals surface area (Å²) in [5, 5.41) is 0.651. The van der Waals surface area contributed by atoms with Crippen LogP contribution in [0.4, 0.5) is 4.39 Å². The van der Waals surface area contributed by atoms with Gasteiger partial charge in [0.2, 0.25) is 0 Å². The van der Waals surface area contributed by atoms with Gasteiger partial charge in [-0.25, -0.2) is 4.39 Å². The fraction of sp³-hybridized carbons (Fsp3) is 0.600. The van der Waals surface area contributed by atoms with Crippen LogP contribution in [0.3, 0.4) is 0 Å². The van der Waals surface area contributed by atoms with E-state index < -0.39 is 0 Å². The SMILES string of the molecule is Cc1cc(Cl)c(CN(C)C2CCC(N)CC2)cc1F. The van der Waals surface area contributed by atoms with Gasteiger partial charge in [-0.05, 0) is 62.9 Å². The second-order valence-corrected chi connectivity index (χ2v) is 6.08. The van der Waals surface area contributed by atoms with E-state index in [9.17, 15) is 4.39 Å². The first kappa shape index (κ1) is 14.8. The monoisotopic (exact) mass is 284 g/mol. The molecule has 106 valence electrons. The van der Waals surface area contributed by atoms with Gasteiger partial charge in [-0.1, -0.05) is 11.6 Å². The molecule has 0 radical (unpaired) electrons. The van der Waals surface area contributed by atoms with Crippen molar-refractivity contribution in [3.63, 3.8) is 0 Å². The van der Waals surface area contributed by atoms with Crippen LogP contribution in [0.25, 0.3) is 0 Å². The van der Waals surface area contributed by atoms with Crippen LogP contribution in [0.2, 0.25) is 5.02 Å². The van der Waals surface area contributed by atoms with Gasteiger partial charge in [-0.3, -0.25) is 4.90 Å². The molecular formula is C15H22ClFN2.